The number of sulfone groups is 1. The molecule has 2 aromatic carbocycles. The Bertz CT molecular complexity index is 1200. The van der Waals surface area contributed by atoms with Gasteiger partial charge >= 0.3 is 0 Å². The van der Waals surface area contributed by atoms with Crippen LogP contribution >= 0.6 is 23.2 Å². The van der Waals surface area contributed by atoms with Gasteiger partial charge in [0.1, 0.15) is 23.6 Å². The van der Waals surface area contributed by atoms with Crippen LogP contribution < -0.4 is 0 Å². The molecule has 3 aromatic rings. The van der Waals surface area contributed by atoms with Crippen LogP contribution in [-0.2, 0) is 21.3 Å². The number of rotatable bonds is 6. The minimum absolute atomic E-state index is 0.0976. The topological polar surface area (TPSA) is 72.1 Å². The van der Waals surface area contributed by atoms with Gasteiger partial charge < -0.3 is 9.30 Å². The minimum Gasteiger partial charge on any atom is -0.361 e. The molecule has 0 saturated carbocycles. The zero-order valence-corrected chi connectivity index (χ0v) is 17.5. The average Bonchev–Trinajstić information content (AvgIpc) is 3.08. The van der Waals surface area contributed by atoms with E-state index in [-0.39, 0.29) is 27.2 Å². The van der Waals surface area contributed by atoms with Crippen molar-refractivity contribution in [3.8, 4) is 17.3 Å². The number of nitrogens with zero attached hydrogens (tertiary/aromatic N) is 2. The van der Waals surface area contributed by atoms with Gasteiger partial charge in [0, 0.05) is 11.6 Å². The van der Waals surface area contributed by atoms with E-state index in [4.69, 9.17) is 27.9 Å². The molecule has 0 radical (unpaired) electrons. The Balaban J connectivity index is 2.27. The van der Waals surface area contributed by atoms with Crippen LogP contribution in [0.25, 0.3) is 11.3 Å². The van der Waals surface area contributed by atoms with Crippen molar-refractivity contribution in [2.45, 2.75) is 23.6 Å². The number of halogens is 3. The summed E-state index contributed by atoms with van der Waals surface area (Å²) >= 11 is 11.7. The van der Waals surface area contributed by atoms with Crippen LogP contribution in [0.1, 0.15) is 12.5 Å². The van der Waals surface area contributed by atoms with Gasteiger partial charge in [-0.1, -0.05) is 35.3 Å². The van der Waals surface area contributed by atoms with Crippen LogP contribution in [0.4, 0.5) is 4.39 Å². The van der Waals surface area contributed by atoms with Gasteiger partial charge in [-0.2, -0.15) is 5.26 Å². The van der Waals surface area contributed by atoms with Gasteiger partial charge in [-0.3, -0.25) is 0 Å². The van der Waals surface area contributed by atoms with Crippen LogP contribution in [0.3, 0.4) is 0 Å². The number of nitriles is 1. The lowest BCUT2D eigenvalue weighted by molar-refractivity contribution is 0.0835. The first-order valence-corrected chi connectivity index (χ1v) is 10.7. The van der Waals surface area contributed by atoms with Gasteiger partial charge in [-0.25, -0.2) is 12.8 Å². The molecule has 0 atom stereocenters. The first-order chi connectivity index (χ1) is 13.8. The van der Waals surface area contributed by atoms with E-state index in [1.807, 2.05) is 6.07 Å². The Labute approximate surface area is 177 Å². The Hall–Kier alpha value is -2.37. The molecule has 0 fully saturated rings. The zero-order valence-electron chi connectivity index (χ0n) is 15.2. The van der Waals surface area contributed by atoms with E-state index in [9.17, 15) is 18.1 Å². The highest BCUT2D eigenvalue weighted by molar-refractivity contribution is 7.91. The van der Waals surface area contributed by atoms with E-state index < -0.39 is 15.7 Å². The molecule has 0 bridgehead atoms. The van der Waals surface area contributed by atoms with E-state index in [2.05, 4.69) is 0 Å². The lowest BCUT2D eigenvalue weighted by Gasteiger charge is -2.14. The molecule has 0 aliphatic carbocycles. The summed E-state index contributed by atoms with van der Waals surface area (Å²) in [5, 5.41) is 9.65. The first-order valence-electron chi connectivity index (χ1n) is 8.47. The molecular weight excluding hydrogens is 438 g/mol. The maximum absolute atomic E-state index is 13.5. The van der Waals surface area contributed by atoms with Crippen molar-refractivity contribution in [1.29, 1.82) is 5.26 Å². The van der Waals surface area contributed by atoms with Gasteiger partial charge in [0.25, 0.3) is 0 Å². The van der Waals surface area contributed by atoms with Crippen molar-refractivity contribution < 1.29 is 17.5 Å². The Morgan fingerprint density at radius 2 is 1.83 bits per heavy atom. The molecule has 5 nitrogen and oxygen atoms in total. The molecular formula is C20H15Cl2FN2O3S. The van der Waals surface area contributed by atoms with E-state index in [0.29, 0.717) is 22.9 Å². The third-order valence-corrected chi connectivity index (χ3v) is 6.50. The fourth-order valence-electron chi connectivity index (χ4n) is 2.83. The molecule has 1 heterocycles. The summed E-state index contributed by atoms with van der Waals surface area (Å²) < 4.78 is 46.9. The quantitative estimate of drug-likeness (QED) is 0.475. The normalized spacial score (nSPS) is 11.4. The smallest absolute Gasteiger partial charge is 0.222 e. The Kier molecular flexibility index (Phi) is 6.30. The van der Waals surface area contributed by atoms with Crippen molar-refractivity contribution in [3.05, 3.63) is 70.0 Å². The highest BCUT2D eigenvalue weighted by atomic mass is 35.5. The third-order valence-electron chi connectivity index (χ3n) is 4.20. The molecule has 0 N–H and O–H groups in total. The van der Waals surface area contributed by atoms with E-state index in [1.165, 1.54) is 10.6 Å². The predicted octanol–water partition coefficient (Wildman–Crippen LogP) is 5.30. The van der Waals surface area contributed by atoms with Gasteiger partial charge in [0.05, 0.1) is 21.2 Å². The van der Waals surface area contributed by atoms with Gasteiger partial charge in [0.2, 0.25) is 9.84 Å². The fraction of sp³-hybridized carbons (Fsp3) is 0.150. The summed E-state index contributed by atoms with van der Waals surface area (Å²) in [6.07, 6.45) is 0. The molecule has 0 unspecified atom stereocenters. The van der Waals surface area contributed by atoms with Crippen LogP contribution in [0.2, 0.25) is 10.0 Å². The number of aromatic nitrogens is 1. The predicted molar refractivity (Wildman–Crippen MR) is 108 cm³/mol. The number of hydrogen-bond donors (Lipinski definition) is 0. The molecule has 3 rings (SSSR count). The van der Waals surface area contributed by atoms with Crippen molar-refractivity contribution in [2.75, 3.05) is 6.61 Å². The summed E-state index contributed by atoms with van der Waals surface area (Å²) in [5.41, 5.74) is 1.13. The first kappa shape index (κ1) is 21.3. The number of ether oxygens (including phenoxy) is 1. The largest absolute Gasteiger partial charge is 0.361 e. The highest BCUT2D eigenvalue weighted by Crippen LogP contribution is 2.34. The molecule has 9 heteroatoms. The summed E-state index contributed by atoms with van der Waals surface area (Å²) in [6, 6.07) is 13.1. The van der Waals surface area contributed by atoms with Crippen LogP contribution in [0, 0.1) is 17.1 Å². The maximum atomic E-state index is 13.5. The molecule has 0 spiro atoms. The van der Waals surface area contributed by atoms with Crippen LogP contribution in [-0.4, -0.2) is 19.6 Å². The van der Waals surface area contributed by atoms with E-state index in [0.717, 1.165) is 18.2 Å². The molecule has 0 saturated heterocycles. The molecule has 29 heavy (non-hydrogen) atoms. The van der Waals surface area contributed by atoms with Crippen LogP contribution in [0.15, 0.2) is 58.5 Å². The SMILES string of the molecule is CCOCn1c(S(=O)(=O)c2ccc(F)c(Cl)c2)cc(C#N)c1-c1ccc(Cl)cc1. The molecule has 0 aliphatic rings. The highest BCUT2D eigenvalue weighted by Gasteiger charge is 2.28. The lowest BCUT2D eigenvalue weighted by Crippen LogP contribution is -2.13. The van der Waals surface area contributed by atoms with Gasteiger partial charge in [0.15, 0.2) is 0 Å². The van der Waals surface area contributed by atoms with Crippen molar-refractivity contribution >= 4 is 33.0 Å². The fourth-order valence-corrected chi connectivity index (χ4v) is 4.67. The standard InChI is InChI=1S/C20H15Cl2FN2O3S/c1-2-28-12-25-19(29(26,27)16-7-8-18(23)17(22)10-16)9-14(11-24)20(25)13-3-5-15(21)6-4-13/h3-10H,2,12H2,1H3. The second kappa shape index (κ2) is 8.56. The minimum atomic E-state index is -4.11. The van der Waals surface area contributed by atoms with Crippen molar-refractivity contribution in [2.24, 2.45) is 0 Å². The average molecular weight is 453 g/mol. The Morgan fingerprint density at radius 1 is 1.14 bits per heavy atom. The summed E-state index contributed by atoms with van der Waals surface area (Å²) in [6.45, 7) is 2.01. The second-order valence-corrected chi connectivity index (χ2v) is 8.73. The molecule has 1 aromatic heterocycles. The van der Waals surface area contributed by atoms with Crippen LogP contribution in [0.5, 0.6) is 0 Å². The van der Waals surface area contributed by atoms with Gasteiger partial charge in [-0.15, -0.1) is 0 Å². The van der Waals surface area contributed by atoms with E-state index in [1.54, 1.807) is 31.2 Å². The lowest BCUT2D eigenvalue weighted by atomic mass is 10.1. The number of hydrogen-bond acceptors (Lipinski definition) is 4. The van der Waals surface area contributed by atoms with Gasteiger partial charge in [-0.05, 0) is 48.9 Å². The Morgan fingerprint density at radius 3 is 2.41 bits per heavy atom. The zero-order chi connectivity index (χ0) is 21.2. The van der Waals surface area contributed by atoms with Crippen molar-refractivity contribution in [1.82, 2.24) is 4.57 Å². The summed E-state index contributed by atoms with van der Waals surface area (Å²) in [5.74, 6) is -0.727. The second-order valence-electron chi connectivity index (χ2n) is 5.99. The molecule has 0 amide bonds. The van der Waals surface area contributed by atoms with Crippen molar-refractivity contribution in [3.63, 3.8) is 0 Å². The summed E-state index contributed by atoms with van der Waals surface area (Å²) in [7, 11) is -4.11. The molecule has 150 valence electrons. The monoisotopic (exact) mass is 452 g/mol. The van der Waals surface area contributed by atoms with E-state index >= 15 is 0 Å². The summed E-state index contributed by atoms with van der Waals surface area (Å²) in [4.78, 5) is -0.189. The number of benzene rings is 2. The third kappa shape index (κ3) is 4.16. The molecule has 0 aliphatic heterocycles. The maximum Gasteiger partial charge on any atom is 0.222 e.